The minimum Gasteiger partial charge on any atom is -0.494 e. The lowest BCUT2D eigenvalue weighted by atomic mass is 10.2. The number of nitrogens with zero attached hydrogens (tertiary/aromatic N) is 2. The number of carbonyl (C=O) groups is 3. The molecule has 2 aromatic carbocycles. The second-order valence-electron chi connectivity index (χ2n) is 7.42. The van der Waals surface area contributed by atoms with Gasteiger partial charge in [-0.1, -0.05) is 12.1 Å². The number of carbonyl (C=O) groups excluding carboxylic acids is 3. The summed E-state index contributed by atoms with van der Waals surface area (Å²) in [4.78, 5) is 39.0. The van der Waals surface area contributed by atoms with Gasteiger partial charge >= 0.3 is 0 Å². The predicted molar refractivity (Wildman–Crippen MR) is 129 cm³/mol. The molecule has 0 spiro atoms. The van der Waals surface area contributed by atoms with Crippen LogP contribution in [0.1, 0.15) is 18.2 Å². The van der Waals surface area contributed by atoms with E-state index in [2.05, 4.69) is 5.32 Å². The Balaban J connectivity index is 1.45. The second kappa shape index (κ2) is 9.79. The Hall–Kier alpha value is -3.78. The number of benzene rings is 2. The molecule has 0 unspecified atom stereocenters. The number of aromatic nitrogens is 1. The van der Waals surface area contributed by atoms with E-state index in [1.807, 2.05) is 61.0 Å². The number of ether oxygens (including phenoxy) is 1. The van der Waals surface area contributed by atoms with E-state index in [4.69, 9.17) is 4.74 Å². The molecule has 33 heavy (non-hydrogen) atoms. The first-order valence-corrected chi connectivity index (χ1v) is 11.3. The van der Waals surface area contributed by atoms with Gasteiger partial charge < -0.3 is 14.6 Å². The summed E-state index contributed by atoms with van der Waals surface area (Å²) < 4.78 is 7.32. The van der Waals surface area contributed by atoms with Gasteiger partial charge in [-0.2, -0.15) is 0 Å². The number of thioether (sulfide) groups is 1. The molecule has 1 fully saturated rings. The molecule has 3 aromatic rings. The van der Waals surface area contributed by atoms with Gasteiger partial charge in [0.05, 0.1) is 11.5 Å². The lowest BCUT2D eigenvalue weighted by Gasteiger charge is -2.13. The minimum atomic E-state index is -0.483. The molecule has 1 N–H and O–H groups in total. The smallest absolute Gasteiger partial charge is 0.294 e. The quantitative estimate of drug-likeness (QED) is 0.508. The van der Waals surface area contributed by atoms with Crippen molar-refractivity contribution in [2.24, 2.45) is 0 Å². The zero-order valence-corrected chi connectivity index (χ0v) is 19.1. The van der Waals surface area contributed by atoms with Gasteiger partial charge in [-0.3, -0.25) is 19.3 Å². The first-order valence-electron chi connectivity index (χ1n) is 10.5. The maximum atomic E-state index is 12.9. The largest absolute Gasteiger partial charge is 0.494 e. The van der Waals surface area contributed by atoms with E-state index in [9.17, 15) is 14.4 Å². The Bertz CT molecular complexity index is 1230. The van der Waals surface area contributed by atoms with Crippen LogP contribution < -0.4 is 10.1 Å². The number of aryl methyl sites for hydroxylation is 1. The highest BCUT2D eigenvalue weighted by molar-refractivity contribution is 8.18. The molecule has 1 aliphatic rings. The van der Waals surface area contributed by atoms with Crippen molar-refractivity contribution in [1.29, 1.82) is 0 Å². The molecule has 0 saturated carbocycles. The fraction of sp³-hybridized carbons (Fsp3) is 0.160. The van der Waals surface area contributed by atoms with Crippen LogP contribution >= 0.6 is 11.8 Å². The summed E-state index contributed by atoms with van der Waals surface area (Å²) in [7, 11) is 0. The van der Waals surface area contributed by atoms with Gasteiger partial charge in [0.1, 0.15) is 12.3 Å². The van der Waals surface area contributed by atoms with Gasteiger partial charge in [0.15, 0.2) is 0 Å². The van der Waals surface area contributed by atoms with Gasteiger partial charge in [0, 0.05) is 23.3 Å². The number of hydrogen-bond donors (Lipinski definition) is 1. The summed E-state index contributed by atoms with van der Waals surface area (Å²) in [6, 6.07) is 18.6. The molecular weight excluding hydrogens is 438 g/mol. The van der Waals surface area contributed by atoms with E-state index >= 15 is 0 Å². The zero-order valence-electron chi connectivity index (χ0n) is 18.3. The van der Waals surface area contributed by atoms with E-state index < -0.39 is 17.1 Å². The van der Waals surface area contributed by atoms with E-state index in [-0.39, 0.29) is 11.4 Å². The molecule has 7 nitrogen and oxygen atoms in total. The van der Waals surface area contributed by atoms with Crippen molar-refractivity contribution in [3.8, 4) is 11.4 Å². The van der Waals surface area contributed by atoms with Crippen LogP contribution in [0.15, 0.2) is 71.8 Å². The Morgan fingerprint density at radius 3 is 2.61 bits per heavy atom. The SMILES string of the molecule is CCOc1ccc(NC(=O)CN2C(=O)S/C(=C/c3cccn3-c3cccc(C)c3)C2=O)cc1. The Kier molecular flexibility index (Phi) is 6.65. The minimum absolute atomic E-state index is 0.279. The highest BCUT2D eigenvalue weighted by Gasteiger charge is 2.36. The maximum Gasteiger partial charge on any atom is 0.294 e. The molecule has 0 atom stereocenters. The van der Waals surface area contributed by atoms with Crippen LogP contribution in [0.3, 0.4) is 0 Å². The summed E-state index contributed by atoms with van der Waals surface area (Å²) in [5.74, 6) is -0.239. The maximum absolute atomic E-state index is 12.9. The molecule has 0 radical (unpaired) electrons. The van der Waals surface area contributed by atoms with Crippen LogP contribution in [-0.2, 0) is 9.59 Å². The number of imide groups is 1. The number of anilines is 1. The molecule has 1 aliphatic heterocycles. The molecular formula is C25H23N3O4S. The van der Waals surface area contributed by atoms with Gasteiger partial charge in [-0.15, -0.1) is 0 Å². The Labute approximate surface area is 196 Å². The lowest BCUT2D eigenvalue weighted by molar-refractivity contribution is -0.127. The monoisotopic (exact) mass is 461 g/mol. The second-order valence-corrected chi connectivity index (χ2v) is 8.41. The van der Waals surface area contributed by atoms with E-state index in [0.29, 0.717) is 18.0 Å². The van der Waals surface area contributed by atoms with Gasteiger partial charge in [-0.25, -0.2) is 0 Å². The molecule has 2 heterocycles. The average Bonchev–Trinajstić information content (AvgIpc) is 3.35. The molecule has 1 saturated heterocycles. The van der Waals surface area contributed by atoms with Crippen molar-refractivity contribution in [3.05, 3.63) is 83.0 Å². The normalized spacial score (nSPS) is 14.7. The topological polar surface area (TPSA) is 80.6 Å². The van der Waals surface area contributed by atoms with Crippen molar-refractivity contribution in [3.63, 3.8) is 0 Å². The number of hydrogen-bond acceptors (Lipinski definition) is 5. The standard InChI is InChI=1S/C25H23N3O4S/c1-3-32-21-11-9-18(10-12-21)26-23(29)16-28-24(30)22(33-25(28)31)15-20-8-5-13-27(20)19-7-4-6-17(2)14-19/h4-15H,3,16H2,1-2H3,(H,26,29)/b22-15+. The molecule has 1 aromatic heterocycles. The summed E-state index contributed by atoms with van der Waals surface area (Å²) in [5.41, 5.74) is 3.40. The molecule has 8 heteroatoms. The average molecular weight is 462 g/mol. The van der Waals surface area contributed by atoms with Crippen molar-refractivity contribution in [1.82, 2.24) is 9.47 Å². The van der Waals surface area contributed by atoms with Crippen LogP contribution in [-0.4, -0.2) is 39.7 Å². The van der Waals surface area contributed by atoms with E-state index in [0.717, 1.165) is 33.6 Å². The third-order valence-electron chi connectivity index (χ3n) is 4.96. The molecule has 3 amide bonds. The third kappa shape index (κ3) is 5.18. The summed E-state index contributed by atoms with van der Waals surface area (Å²) >= 11 is 0.831. The van der Waals surface area contributed by atoms with Gasteiger partial charge in [0.25, 0.3) is 11.1 Å². The molecule has 4 rings (SSSR count). The van der Waals surface area contributed by atoms with Crippen molar-refractivity contribution in [2.75, 3.05) is 18.5 Å². The Morgan fingerprint density at radius 2 is 1.88 bits per heavy atom. The molecule has 0 bridgehead atoms. The Morgan fingerprint density at radius 1 is 1.09 bits per heavy atom. The predicted octanol–water partition coefficient (Wildman–Crippen LogP) is 4.86. The summed E-state index contributed by atoms with van der Waals surface area (Å²) in [6.45, 7) is 4.10. The van der Waals surface area contributed by atoms with Crippen molar-refractivity contribution < 1.29 is 19.1 Å². The van der Waals surface area contributed by atoms with Gasteiger partial charge in [-0.05, 0) is 85.8 Å². The van der Waals surface area contributed by atoms with Crippen LogP contribution in [0.25, 0.3) is 11.8 Å². The zero-order chi connectivity index (χ0) is 23.4. The van der Waals surface area contributed by atoms with Crippen molar-refractivity contribution in [2.45, 2.75) is 13.8 Å². The first-order chi connectivity index (χ1) is 15.9. The van der Waals surface area contributed by atoms with Crippen LogP contribution in [0.2, 0.25) is 0 Å². The molecule has 0 aliphatic carbocycles. The van der Waals surface area contributed by atoms with Crippen molar-refractivity contribution >= 4 is 40.6 Å². The van der Waals surface area contributed by atoms with E-state index in [1.165, 1.54) is 0 Å². The fourth-order valence-corrected chi connectivity index (χ4v) is 4.26. The first kappa shape index (κ1) is 22.4. The van der Waals surface area contributed by atoms with Crippen LogP contribution in [0, 0.1) is 6.92 Å². The lowest BCUT2D eigenvalue weighted by Crippen LogP contribution is -2.36. The number of amides is 3. The van der Waals surface area contributed by atoms with Gasteiger partial charge in [0.2, 0.25) is 5.91 Å². The highest BCUT2D eigenvalue weighted by Crippen LogP contribution is 2.32. The molecule has 168 valence electrons. The van der Waals surface area contributed by atoms with Crippen LogP contribution in [0.4, 0.5) is 10.5 Å². The highest BCUT2D eigenvalue weighted by atomic mass is 32.2. The fourth-order valence-electron chi connectivity index (χ4n) is 3.44. The summed E-state index contributed by atoms with van der Waals surface area (Å²) in [5, 5.41) is 2.23. The number of nitrogens with one attached hydrogen (secondary N) is 1. The van der Waals surface area contributed by atoms with E-state index in [1.54, 1.807) is 30.3 Å². The number of rotatable bonds is 7. The summed E-state index contributed by atoms with van der Waals surface area (Å²) in [6.07, 6.45) is 3.58. The van der Waals surface area contributed by atoms with Crippen LogP contribution in [0.5, 0.6) is 5.75 Å². The third-order valence-corrected chi connectivity index (χ3v) is 5.87.